The minimum Gasteiger partial charge on any atom is -0.469 e. The first-order chi connectivity index (χ1) is 8.63. The Labute approximate surface area is 106 Å². The molecule has 1 aromatic rings. The Kier molecular flexibility index (Phi) is 3.69. The third kappa shape index (κ3) is 2.39. The number of hydrogen-bond acceptors (Lipinski definition) is 3. The Morgan fingerprint density at radius 2 is 2.22 bits per heavy atom. The van der Waals surface area contributed by atoms with Crippen LogP contribution in [-0.4, -0.2) is 35.3 Å². The van der Waals surface area contributed by atoms with Gasteiger partial charge in [0, 0.05) is 13.0 Å². The van der Waals surface area contributed by atoms with Crippen LogP contribution < -0.4 is 5.32 Å². The lowest BCUT2D eigenvalue weighted by atomic mass is 10.1. The molecule has 2 heterocycles. The summed E-state index contributed by atoms with van der Waals surface area (Å²) in [5.41, 5.74) is 0. The molecular formula is C13H18N2O3. The van der Waals surface area contributed by atoms with Crippen molar-refractivity contribution in [2.45, 2.75) is 38.8 Å². The van der Waals surface area contributed by atoms with Crippen molar-refractivity contribution >= 4 is 11.8 Å². The van der Waals surface area contributed by atoms with E-state index in [2.05, 4.69) is 5.32 Å². The molecule has 2 unspecified atom stereocenters. The molecule has 1 aliphatic heterocycles. The van der Waals surface area contributed by atoms with Crippen LogP contribution in [0.2, 0.25) is 0 Å². The first kappa shape index (κ1) is 12.7. The van der Waals surface area contributed by atoms with E-state index < -0.39 is 6.04 Å². The fraction of sp³-hybridized carbons (Fsp3) is 0.538. The molecule has 5 nitrogen and oxygen atoms in total. The lowest BCUT2D eigenvalue weighted by Gasteiger charge is -2.37. The van der Waals surface area contributed by atoms with Crippen molar-refractivity contribution in [1.29, 1.82) is 0 Å². The van der Waals surface area contributed by atoms with Gasteiger partial charge in [-0.05, 0) is 25.5 Å². The van der Waals surface area contributed by atoms with Gasteiger partial charge in [0.05, 0.1) is 6.26 Å². The Hall–Kier alpha value is -1.78. The zero-order valence-electron chi connectivity index (χ0n) is 10.7. The lowest BCUT2D eigenvalue weighted by Crippen LogP contribution is -2.62. The van der Waals surface area contributed by atoms with Gasteiger partial charge in [0.2, 0.25) is 11.8 Å². The summed E-state index contributed by atoms with van der Waals surface area (Å²) in [7, 11) is 0. The van der Waals surface area contributed by atoms with Crippen molar-refractivity contribution in [3.63, 3.8) is 0 Å². The van der Waals surface area contributed by atoms with Gasteiger partial charge < -0.3 is 14.6 Å². The molecule has 1 fully saturated rings. The second-order valence-corrected chi connectivity index (χ2v) is 4.51. The van der Waals surface area contributed by atoms with Crippen LogP contribution in [-0.2, 0) is 16.0 Å². The molecule has 5 heteroatoms. The summed E-state index contributed by atoms with van der Waals surface area (Å²) in [6.07, 6.45) is 2.86. The maximum absolute atomic E-state index is 12.2. The number of furan rings is 1. The van der Waals surface area contributed by atoms with Crippen molar-refractivity contribution in [3.05, 3.63) is 24.2 Å². The zero-order valence-corrected chi connectivity index (χ0v) is 10.7. The van der Waals surface area contributed by atoms with E-state index in [4.69, 9.17) is 4.42 Å². The molecule has 98 valence electrons. The molecule has 1 N–H and O–H groups in total. The second kappa shape index (κ2) is 5.25. The van der Waals surface area contributed by atoms with Crippen molar-refractivity contribution in [2.75, 3.05) is 6.54 Å². The molecule has 2 atom stereocenters. The smallest absolute Gasteiger partial charge is 0.245 e. The molecule has 0 radical (unpaired) electrons. The van der Waals surface area contributed by atoms with Crippen LogP contribution in [0.25, 0.3) is 0 Å². The number of nitrogens with zero attached hydrogens (tertiary/aromatic N) is 1. The van der Waals surface area contributed by atoms with Crippen molar-refractivity contribution < 1.29 is 14.0 Å². The van der Waals surface area contributed by atoms with E-state index in [1.165, 1.54) is 0 Å². The molecular weight excluding hydrogens is 232 g/mol. The molecule has 1 saturated heterocycles. The standard InChI is InChI=1S/C13H18N2O3/c1-3-11-13(17)15(9(2)12(16)14-11)7-6-10-5-4-8-18-10/h4-5,8-9,11H,3,6-7H2,1-2H3,(H,14,16). The summed E-state index contributed by atoms with van der Waals surface area (Å²) in [6.45, 7) is 4.15. The van der Waals surface area contributed by atoms with Crippen LogP contribution in [0.1, 0.15) is 26.0 Å². The van der Waals surface area contributed by atoms with E-state index in [0.29, 0.717) is 19.4 Å². The van der Waals surface area contributed by atoms with Gasteiger partial charge in [0.15, 0.2) is 0 Å². The van der Waals surface area contributed by atoms with E-state index in [0.717, 1.165) is 5.76 Å². The fourth-order valence-electron chi connectivity index (χ4n) is 2.15. The average molecular weight is 250 g/mol. The minimum absolute atomic E-state index is 0.00356. The maximum atomic E-state index is 12.2. The predicted molar refractivity (Wildman–Crippen MR) is 65.8 cm³/mol. The average Bonchev–Trinajstić information content (AvgIpc) is 2.87. The van der Waals surface area contributed by atoms with E-state index in [1.54, 1.807) is 18.1 Å². The number of piperazine rings is 1. The number of carbonyl (C=O) groups is 2. The van der Waals surface area contributed by atoms with Crippen LogP contribution in [0.3, 0.4) is 0 Å². The molecule has 0 aromatic carbocycles. The number of amides is 2. The van der Waals surface area contributed by atoms with Crippen molar-refractivity contribution in [2.24, 2.45) is 0 Å². The lowest BCUT2D eigenvalue weighted by molar-refractivity contribution is -0.148. The highest BCUT2D eigenvalue weighted by atomic mass is 16.3. The number of carbonyl (C=O) groups excluding carboxylic acids is 2. The van der Waals surface area contributed by atoms with Gasteiger partial charge >= 0.3 is 0 Å². The summed E-state index contributed by atoms with van der Waals surface area (Å²) < 4.78 is 5.24. The Bertz CT molecular complexity index is 427. The molecule has 18 heavy (non-hydrogen) atoms. The van der Waals surface area contributed by atoms with Gasteiger partial charge in [-0.25, -0.2) is 0 Å². The Morgan fingerprint density at radius 3 is 2.83 bits per heavy atom. The summed E-state index contributed by atoms with van der Waals surface area (Å²) in [6, 6.07) is 2.90. The van der Waals surface area contributed by atoms with Gasteiger partial charge in [-0.15, -0.1) is 0 Å². The van der Waals surface area contributed by atoms with Crippen LogP contribution >= 0.6 is 0 Å². The number of rotatable bonds is 4. The van der Waals surface area contributed by atoms with Crippen LogP contribution in [0.4, 0.5) is 0 Å². The van der Waals surface area contributed by atoms with Gasteiger partial charge in [-0.3, -0.25) is 9.59 Å². The van der Waals surface area contributed by atoms with Gasteiger partial charge in [0.25, 0.3) is 0 Å². The highest BCUT2D eigenvalue weighted by Gasteiger charge is 2.36. The fourth-order valence-corrected chi connectivity index (χ4v) is 2.15. The van der Waals surface area contributed by atoms with E-state index in [-0.39, 0.29) is 17.9 Å². The molecule has 0 spiro atoms. The predicted octanol–water partition coefficient (Wildman–Crippen LogP) is 0.948. The monoisotopic (exact) mass is 250 g/mol. The first-order valence-corrected chi connectivity index (χ1v) is 6.26. The summed E-state index contributed by atoms with van der Waals surface area (Å²) >= 11 is 0. The zero-order chi connectivity index (χ0) is 13.1. The summed E-state index contributed by atoms with van der Waals surface area (Å²) in [5, 5.41) is 2.74. The van der Waals surface area contributed by atoms with Crippen molar-refractivity contribution in [1.82, 2.24) is 10.2 Å². The summed E-state index contributed by atoms with van der Waals surface area (Å²) in [4.78, 5) is 25.5. The molecule has 1 aromatic heterocycles. The van der Waals surface area contributed by atoms with E-state index in [1.807, 2.05) is 19.1 Å². The number of nitrogens with one attached hydrogen (secondary N) is 1. The molecule has 0 aliphatic carbocycles. The molecule has 2 rings (SSSR count). The van der Waals surface area contributed by atoms with E-state index in [9.17, 15) is 9.59 Å². The Morgan fingerprint density at radius 1 is 1.44 bits per heavy atom. The maximum Gasteiger partial charge on any atom is 0.245 e. The van der Waals surface area contributed by atoms with Crippen molar-refractivity contribution in [3.8, 4) is 0 Å². The van der Waals surface area contributed by atoms with Crippen LogP contribution in [0.15, 0.2) is 22.8 Å². The molecule has 1 aliphatic rings. The topological polar surface area (TPSA) is 62.6 Å². The minimum atomic E-state index is -0.407. The van der Waals surface area contributed by atoms with Gasteiger partial charge in [-0.2, -0.15) is 0 Å². The van der Waals surface area contributed by atoms with Gasteiger partial charge in [0.1, 0.15) is 17.8 Å². The van der Waals surface area contributed by atoms with Gasteiger partial charge in [-0.1, -0.05) is 6.92 Å². The molecule has 0 bridgehead atoms. The highest BCUT2D eigenvalue weighted by Crippen LogP contribution is 2.13. The molecule has 0 saturated carbocycles. The quantitative estimate of drug-likeness (QED) is 0.865. The highest BCUT2D eigenvalue weighted by molar-refractivity contribution is 5.96. The third-order valence-corrected chi connectivity index (χ3v) is 3.33. The number of hydrogen-bond donors (Lipinski definition) is 1. The van der Waals surface area contributed by atoms with E-state index >= 15 is 0 Å². The second-order valence-electron chi connectivity index (χ2n) is 4.51. The SMILES string of the molecule is CCC1NC(=O)C(C)N(CCc2ccco2)C1=O. The van der Waals surface area contributed by atoms with Crippen LogP contribution in [0.5, 0.6) is 0 Å². The largest absolute Gasteiger partial charge is 0.469 e. The molecule has 2 amide bonds. The summed E-state index contributed by atoms with van der Waals surface area (Å²) in [5.74, 6) is 0.742. The Balaban J connectivity index is 2.03. The normalized spacial score (nSPS) is 24.2. The third-order valence-electron chi connectivity index (χ3n) is 3.33. The van der Waals surface area contributed by atoms with Crippen LogP contribution in [0, 0.1) is 0 Å². The first-order valence-electron chi connectivity index (χ1n) is 6.26.